The van der Waals surface area contributed by atoms with Gasteiger partial charge in [0.05, 0.1) is 12.2 Å². The Morgan fingerprint density at radius 1 is 1.54 bits per heavy atom. The maximum Gasteiger partial charge on any atom is 0.0872 e. The molecule has 0 radical (unpaired) electrons. The molecule has 0 amide bonds. The van der Waals surface area contributed by atoms with Crippen molar-refractivity contribution in [3.63, 3.8) is 0 Å². The van der Waals surface area contributed by atoms with Gasteiger partial charge in [-0.3, -0.25) is 0 Å². The molecule has 3 heteroatoms. The highest BCUT2D eigenvalue weighted by molar-refractivity contribution is 5.14. The van der Waals surface area contributed by atoms with Crippen molar-refractivity contribution in [1.29, 1.82) is 0 Å². The number of ether oxygens (including phenoxy) is 1. The predicted molar refractivity (Wildman–Crippen MR) is 52.4 cm³/mol. The van der Waals surface area contributed by atoms with Gasteiger partial charge in [-0.15, -0.1) is 0 Å². The largest absolute Gasteiger partial charge is 0.390 e. The first-order chi connectivity index (χ1) is 5.91. The zero-order chi connectivity index (χ0) is 10.3. The zero-order valence-corrected chi connectivity index (χ0v) is 9.00. The van der Waals surface area contributed by atoms with Gasteiger partial charge in [0.15, 0.2) is 0 Å². The lowest BCUT2D eigenvalue weighted by Gasteiger charge is -2.28. The molecule has 13 heavy (non-hydrogen) atoms. The molecule has 0 spiro atoms. The second-order valence-corrected chi connectivity index (χ2v) is 4.81. The van der Waals surface area contributed by atoms with Gasteiger partial charge in [0.1, 0.15) is 0 Å². The molecule has 0 aromatic heterocycles. The van der Waals surface area contributed by atoms with Gasteiger partial charge >= 0.3 is 0 Å². The van der Waals surface area contributed by atoms with Crippen LogP contribution in [0, 0.1) is 10.8 Å². The Bertz CT molecular complexity index is 193. The van der Waals surface area contributed by atoms with Gasteiger partial charge in [-0.05, 0) is 18.8 Å². The minimum atomic E-state index is -0.447. The monoisotopic (exact) mass is 187 g/mol. The fourth-order valence-electron chi connectivity index (χ4n) is 2.30. The molecule has 0 aliphatic heterocycles. The highest BCUT2D eigenvalue weighted by atomic mass is 16.5. The van der Waals surface area contributed by atoms with Gasteiger partial charge in [0, 0.05) is 19.1 Å². The third kappa shape index (κ3) is 1.49. The van der Waals surface area contributed by atoms with Gasteiger partial charge in [0.2, 0.25) is 0 Å². The summed E-state index contributed by atoms with van der Waals surface area (Å²) in [7, 11) is 1.62. The fourth-order valence-corrected chi connectivity index (χ4v) is 2.30. The molecule has 1 fully saturated rings. The Hall–Kier alpha value is -0.120. The van der Waals surface area contributed by atoms with Crippen molar-refractivity contribution in [3.05, 3.63) is 0 Å². The van der Waals surface area contributed by atoms with Crippen LogP contribution in [0.25, 0.3) is 0 Å². The highest BCUT2D eigenvalue weighted by Crippen LogP contribution is 2.65. The van der Waals surface area contributed by atoms with Crippen LogP contribution in [0.5, 0.6) is 0 Å². The molecule has 1 rings (SSSR count). The summed E-state index contributed by atoms with van der Waals surface area (Å²) in [6, 6.07) is 0. The minimum absolute atomic E-state index is 0.123. The topological polar surface area (TPSA) is 55.5 Å². The molecule has 3 N–H and O–H groups in total. The maximum atomic E-state index is 10.0. The van der Waals surface area contributed by atoms with Gasteiger partial charge in [-0.25, -0.2) is 0 Å². The summed E-state index contributed by atoms with van der Waals surface area (Å²) in [5.41, 5.74) is 5.76. The van der Waals surface area contributed by atoms with Gasteiger partial charge < -0.3 is 15.6 Å². The summed E-state index contributed by atoms with van der Waals surface area (Å²) in [5, 5.41) is 10.0. The number of hydrogen-bond donors (Lipinski definition) is 2. The van der Waals surface area contributed by atoms with E-state index >= 15 is 0 Å². The smallest absolute Gasteiger partial charge is 0.0872 e. The van der Waals surface area contributed by atoms with E-state index in [-0.39, 0.29) is 16.9 Å². The van der Waals surface area contributed by atoms with E-state index in [2.05, 4.69) is 13.8 Å². The Kier molecular flexibility index (Phi) is 2.72. The molecule has 78 valence electrons. The number of aliphatic hydroxyl groups excluding tert-OH is 1. The van der Waals surface area contributed by atoms with Crippen molar-refractivity contribution >= 4 is 0 Å². The van der Waals surface area contributed by atoms with Crippen LogP contribution >= 0.6 is 0 Å². The number of hydrogen-bond acceptors (Lipinski definition) is 3. The van der Waals surface area contributed by atoms with Crippen LogP contribution in [0.2, 0.25) is 0 Å². The molecule has 1 saturated carbocycles. The lowest BCUT2D eigenvalue weighted by Crippen LogP contribution is -2.41. The van der Waals surface area contributed by atoms with Gasteiger partial charge in [0.25, 0.3) is 0 Å². The number of aliphatic hydroxyl groups is 1. The van der Waals surface area contributed by atoms with Crippen LogP contribution in [-0.4, -0.2) is 31.0 Å². The molecule has 3 atom stereocenters. The van der Waals surface area contributed by atoms with E-state index in [0.29, 0.717) is 6.54 Å². The Balaban J connectivity index is 2.70. The first-order valence-corrected chi connectivity index (χ1v) is 4.82. The fraction of sp³-hybridized carbons (Fsp3) is 1.00. The van der Waals surface area contributed by atoms with Crippen LogP contribution in [0.4, 0.5) is 0 Å². The highest BCUT2D eigenvalue weighted by Gasteiger charge is 2.64. The Morgan fingerprint density at radius 2 is 2.00 bits per heavy atom. The molecule has 0 aromatic rings. The summed E-state index contributed by atoms with van der Waals surface area (Å²) in [6.07, 6.45) is 0.411. The average molecular weight is 187 g/mol. The second-order valence-electron chi connectivity index (χ2n) is 4.81. The van der Waals surface area contributed by atoms with Gasteiger partial charge in [-0.2, -0.15) is 0 Å². The summed E-state index contributed by atoms with van der Waals surface area (Å²) >= 11 is 0. The molecule has 0 heterocycles. The van der Waals surface area contributed by atoms with Crippen LogP contribution in [0.3, 0.4) is 0 Å². The summed E-state index contributed by atoms with van der Waals surface area (Å²) < 4.78 is 5.13. The minimum Gasteiger partial charge on any atom is -0.390 e. The normalized spacial score (nSPS) is 35.5. The Morgan fingerprint density at radius 3 is 2.23 bits per heavy atom. The second kappa shape index (κ2) is 3.23. The lowest BCUT2D eigenvalue weighted by molar-refractivity contribution is -0.0473. The van der Waals surface area contributed by atoms with Gasteiger partial charge in [-0.1, -0.05) is 13.8 Å². The lowest BCUT2D eigenvalue weighted by atomic mass is 9.87. The number of nitrogens with two attached hydrogens (primary N) is 1. The molecule has 3 unspecified atom stereocenters. The molecule has 0 saturated heterocycles. The van der Waals surface area contributed by atoms with E-state index < -0.39 is 6.10 Å². The molecule has 1 aliphatic rings. The third-order valence-corrected chi connectivity index (χ3v) is 3.73. The molecular formula is C10H21NO2. The first-order valence-electron chi connectivity index (χ1n) is 4.82. The van der Waals surface area contributed by atoms with E-state index in [9.17, 15) is 5.11 Å². The SMILES string of the molecule is COC(C)C(O)C1(CN)CC1(C)C. The average Bonchev–Trinajstić information content (AvgIpc) is 2.67. The van der Waals surface area contributed by atoms with E-state index in [0.717, 1.165) is 6.42 Å². The van der Waals surface area contributed by atoms with Crippen LogP contribution in [-0.2, 0) is 4.74 Å². The van der Waals surface area contributed by atoms with Crippen LogP contribution in [0.15, 0.2) is 0 Å². The van der Waals surface area contributed by atoms with E-state index in [1.165, 1.54) is 0 Å². The van der Waals surface area contributed by atoms with E-state index in [1.54, 1.807) is 7.11 Å². The van der Waals surface area contributed by atoms with Crippen molar-refractivity contribution in [3.8, 4) is 0 Å². The van der Waals surface area contributed by atoms with E-state index in [1.807, 2.05) is 6.92 Å². The molecule has 0 aromatic carbocycles. The zero-order valence-electron chi connectivity index (χ0n) is 9.00. The third-order valence-electron chi connectivity index (χ3n) is 3.73. The number of methoxy groups -OCH3 is 1. The Labute approximate surface area is 80.3 Å². The first kappa shape index (κ1) is 11.0. The summed E-state index contributed by atoms with van der Waals surface area (Å²) in [6.45, 7) is 6.71. The van der Waals surface area contributed by atoms with Crippen molar-refractivity contribution < 1.29 is 9.84 Å². The molecular weight excluding hydrogens is 166 g/mol. The van der Waals surface area contributed by atoms with Crippen molar-refractivity contribution in [1.82, 2.24) is 0 Å². The van der Waals surface area contributed by atoms with Crippen molar-refractivity contribution in [2.75, 3.05) is 13.7 Å². The molecule has 1 aliphatic carbocycles. The summed E-state index contributed by atoms with van der Waals surface area (Å²) in [5.74, 6) is 0. The summed E-state index contributed by atoms with van der Waals surface area (Å²) in [4.78, 5) is 0. The molecule has 3 nitrogen and oxygen atoms in total. The van der Waals surface area contributed by atoms with Crippen LogP contribution < -0.4 is 5.73 Å². The van der Waals surface area contributed by atoms with Crippen LogP contribution in [0.1, 0.15) is 27.2 Å². The predicted octanol–water partition coefficient (Wildman–Crippen LogP) is 0.757. The van der Waals surface area contributed by atoms with Crippen molar-refractivity contribution in [2.24, 2.45) is 16.6 Å². The number of rotatable bonds is 4. The van der Waals surface area contributed by atoms with E-state index in [4.69, 9.17) is 10.5 Å². The quantitative estimate of drug-likeness (QED) is 0.683. The maximum absolute atomic E-state index is 10.0. The van der Waals surface area contributed by atoms with Crippen molar-refractivity contribution in [2.45, 2.75) is 39.4 Å². The molecule has 0 bridgehead atoms. The standard InChI is InChI=1S/C10H21NO2/c1-7(13-4)8(12)10(6-11)5-9(10,2)3/h7-8,12H,5-6,11H2,1-4H3.